The van der Waals surface area contributed by atoms with E-state index in [4.69, 9.17) is 0 Å². The van der Waals surface area contributed by atoms with Crippen molar-refractivity contribution in [2.24, 2.45) is 21.1 Å². The van der Waals surface area contributed by atoms with Gasteiger partial charge in [-0.2, -0.15) is 10.2 Å². The molecule has 0 amide bonds. The lowest BCUT2D eigenvalue weighted by Gasteiger charge is -2.28. The molecule has 0 heterocycles. The Morgan fingerprint density at radius 3 is 1.33 bits per heavy atom. The molecule has 0 fully saturated rings. The van der Waals surface area contributed by atoms with Crippen molar-refractivity contribution in [1.29, 1.82) is 0 Å². The van der Waals surface area contributed by atoms with Crippen molar-refractivity contribution in [3.05, 3.63) is 0 Å². The van der Waals surface area contributed by atoms with Gasteiger partial charge in [0, 0.05) is 22.8 Å². The normalized spacial score (nSPS) is 18.2. The van der Waals surface area contributed by atoms with Gasteiger partial charge in [-0.25, -0.2) is 0 Å². The third-order valence-corrected chi connectivity index (χ3v) is 3.49. The third kappa shape index (κ3) is 4.09. The van der Waals surface area contributed by atoms with Crippen LogP contribution in [-0.2, 0) is 9.59 Å². The summed E-state index contributed by atoms with van der Waals surface area (Å²) in [4.78, 5) is 21.8. The van der Waals surface area contributed by atoms with Crippen LogP contribution in [0.3, 0.4) is 0 Å². The molecule has 104 valence electrons. The number of carboxylic acids is 2. The maximum atomic E-state index is 10.9. The van der Waals surface area contributed by atoms with Crippen molar-refractivity contribution >= 4 is 11.9 Å². The van der Waals surface area contributed by atoms with Crippen LogP contribution in [0.1, 0.15) is 40.5 Å². The first kappa shape index (κ1) is 16.5. The van der Waals surface area contributed by atoms with Gasteiger partial charge in [0.25, 0.3) is 0 Å². The smallest absolute Gasteiger partial charge is 0.0704 e. The number of hydrogen-bond donors (Lipinski definition) is 0. The zero-order valence-corrected chi connectivity index (χ0v) is 11.4. The number of carbonyl (C=O) groups is 2. The molecule has 6 nitrogen and oxygen atoms in total. The van der Waals surface area contributed by atoms with E-state index in [2.05, 4.69) is 10.2 Å². The average Bonchev–Trinajstić information content (AvgIpc) is 2.33. The Labute approximate surface area is 107 Å². The first-order valence-electron chi connectivity index (χ1n) is 5.98. The molecule has 0 aromatic heterocycles. The molecule has 0 aliphatic carbocycles. The summed E-state index contributed by atoms with van der Waals surface area (Å²) >= 11 is 0. The van der Waals surface area contributed by atoms with E-state index in [1.165, 1.54) is 13.8 Å². The molecule has 0 aliphatic rings. The maximum absolute atomic E-state index is 10.9. The molecule has 18 heavy (non-hydrogen) atoms. The number of carboxylic acid groups (broad SMARTS) is 2. The lowest BCUT2D eigenvalue weighted by Crippen LogP contribution is -2.42. The number of aliphatic carboxylic acids is 2. The molecule has 0 aliphatic heterocycles. The second-order valence-corrected chi connectivity index (χ2v) is 5.00. The number of nitrogens with zero attached hydrogens (tertiary/aromatic N) is 2. The Balaban J connectivity index is 4.52. The van der Waals surface area contributed by atoms with Crippen LogP contribution in [-0.4, -0.2) is 25.0 Å². The first-order chi connectivity index (χ1) is 8.22. The van der Waals surface area contributed by atoms with Crippen LogP contribution in [0.25, 0.3) is 0 Å². The highest BCUT2D eigenvalue weighted by Gasteiger charge is 2.25. The maximum Gasteiger partial charge on any atom is 0.0704 e. The minimum absolute atomic E-state index is 0.0152. The number of azo groups is 1. The summed E-state index contributed by atoms with van der Waals surface area (Å²) in [7, 11) is 0. The van der Waals surface area contributed by atoms with E-state index in [9.17, 15) is 19.8 Å². The van der Waals surface area contributed by atoms with Crippen molar-refractivity contribution in [3.8, 4) is 0 Å². The van der Waals surface area contributed by atoms with Gasteiger partial charge in [-0.15, -0.1) is 0 Å². The molecule has 0 N–H and O–H groups in total. The number of carbonyl (C=O) groups excluding carboxylic acids is 2. The zero-order chi connectivity index (χ0) is 14.4. The largest absolute Gasteiger partial charge is 0.549 e. The quantitative estimate of drug-likeness (QED) is 0.559. The van der Waals surface area contributed by atoms with E-state index in [0.29, 0.717) is 12.8 Å². The summed E-state index contributed by atoms with van der Waals surface area (Å²) in [5.74, 6) is -2.36. The molecule has 0 aromatic rings. The van der Waals surface area contributed by atoms with E-state index in [1.807, 2.05) is 0 Å². The topological polar surface area (TPSA) is 105 Å². The van der Waals surface area contributed by atoms with Gasteiger partial charge in [0.15, 0.2) is 0 Å². The van der Waals surface area contributed by atoms with Gasteiger partial charge >= 0.3 is 0 Å². The van der Waals surface area contributed by atoms with E-state index in [-0.39, 0.29) is 13.1 Å². The predicted molar refractivity (Wildman–Crippen MR) is 61.4 cm³/mol. The fourth-order valence-electron chi connectivity index (χ4n) is 1.05. The summed E-state index contributed by atoms with van der Waals surface area (Å²) in [5, 5.41) is 29.3. The summed E-state index contributed by atoms with van der Waals surface area (Å²) in [6, 6.07) is 0. The van der Waals surface area contributed by atoms with E-state index in [0.717, 1.165) is 0 Å². The first-order valence-corrected chi connectivity index (χ1v) is 5.98. The standard InChI is InChI=1S/C12H22N2O4/c1-5-11(3,9(15)16)7-13-14-8-12(4,6-2)10(17)18/h5-8H2,1-4H3,(H,15,16)(H,17,18)/p-2. The Hall–Kier alpha value is -1.46. The SMILES string of the molecule is CCC(C)(CN=NCC(C)(CC)C(=O)[O-])C(=O)[O-]. The second-order valence-electron chi connectivity index (χ2n) is 5.00. The number of rotatable bonds is 8. The van der Waals surface area contributed by atoms with Crippen LogP contribution in [0.15, 0.2) is 10.2 Å². The van der Waals surface area contributed by atoms with Gasteiger partial charge in [0.1, 0.15) is 0 Å². The Kier molecular flexibility index (Phi) is 5.94. The van der Waals surface area contributed by atoms with Crippen LogP contribution in [0.5, 0.6) is 0 Å². The highest BCUT2D eigenvalue weighted by molar-refractivity contribution is 5.72. The van der Waals surface area contributed by atoms with Crippen LogP contribution in [0, 0.1) is 10.8 Å². The summed E-state index contributed by atoms with van der Waals surface area (Å²) in [6.07, 6.45) is 0.750. The highest BCUT2D eigenvalue weighted by Crippen LogP contribution is 2.23. The fraction of sp³-hybridized carbons (Fsp3) is 0.833. The monoisotopic (exact) mass is 256 g/mol. The van der Waals surface area contributed by atoms with Gasteiger partial charge in [-0.1, -0.05) is 27.7 Å². The molecule has 0 rings (SSSR count). The van der Waals surface area contributed by atoms with E-state index in [1.54, 1.807) is 13.8 Å². The minimum atomic E-state index is -1.18. The van der Waals surface area contributed by atoms with Crippen LogP contribution >= 0.6 is 0 Å². The third-order valence-electron chi connectivity index (χ3n) is 3.49. The van der Waals surface area contributed by atoms with Crippen molar-refractivity contribution < 1.29 is 19.8 Å². The number of hydrogen-bond acceptors (Lipinski definition) is 6. The van der Waals surface area contributed by atoms with Crippen molar-refractivity contribution in [3.63, 3.8) is 0 Å². The average molecular weight is 256 g/mol. The molecule has 0 bridgehead atoms. The van der Waals surface area contributed by atoms with Crippen LogP contribution in [0.2, 0.25) is 0 Å². The highest BCUT2D eigenvalue weighted by atomic mass is 16.4. The molecular formula is C12H20N2O4-2. The van der Waals surface area contributed by atoms with Crippen LogP contribution < -0.4 is 10.2 Å². The van der Waals surface area contributed by atoms with Gasteiger partial charge in [0.05, 0.1) is 13.1 Å². The fourth-order valence-corrected chi connectivity index (χ4v) is 1.05. The minimum Gasteiger partial charge on any atom is -0.549 e. The van der Waals surface area contributed by atoms with Gasteiger partial charge in [-0.3, -0.25) is 0 Å². The molecule has 6 heteroatoms. The summed E-state index contributed by atoms with van der Waals surface area (Å²) in [6.45, 7) is 6.47. The van der Waals surface area contributed by atoms with Gasteiger partial charge in [0.2, 0.25) is 0 Å². The summed E-state index contributed by atoms with van der Waals surface area (Å²) < 4.78 is 0. The molecule has 0 saturated carbocycles. The van der Waals surface area contributed by atoms with Crippen LogP contribution in [0.4, 0.5) is 0 Å². The molecule has 0 aromatic carbocycles. The second kappa shape index (κ2) is 6.47. The molecule has 2 atom stereocenters. The Morgan fingerprint density at radius 1 is 0.889 bits per heavy atom. The zero-order valence-electron chi connectivity index (χ0n) is 11.4. The summed E-state index contributed by atoms with van der Waals surface area (Å²) in [5.41, 5.74) is -2.12. The molecular weight excluding hydrogens is 236 g/mol. The molecule has 0 radical (unpaired) electrons. The molecule has 0 spiro atoms. The van der Waals surface area contributed by atoms with Crippen molar-refractivity contribution in [2.45, 2.75) is 40.5 Å². The molecule has 0 saturated heterocycles. The van der Waals surface area contributed by atoms with E-state index >= 15 is 0 Å². The Bertz CT molecular complexity index is 311. The molecule has 2 unspecified atom stereocenters. The van der Waals surface area contributed by atoms with E-state index < -0.39 is 22.8 Å². The lowest BCUT2D eigenvalue weighted by molar-refractivity contribution is -0.319. The van der Waals surface area contributed by atoms with Crippen molar-refractivity contribution in [2.75, 3.05) is 13.1 Å². The Morgan fingerprint density at radius 2 is 1.17 bits per heavy atom. The lowest BCUT2D eigenvalue weighted by atomic mass is 9.87. The van der Waals surface area contributed by atoms with Gasteiger partial charge in [-0.05, 0) is 12.8 Å². The van der Waals surface area contributed by atoms with Gasteiger partial charge < -0.3 is 19.8 Å². The predicted octanol–water partition coefficient (Wildman–Crippen LogP) is -0.229. The van der Waals surface area contributed by atoms with Crippen molar-refractivity contribution in [1.82, 2.24) is 0 Å².